The summed E-state index contributed by atoms with van der Waals surface area (Å²) in [5.74, 6) is 0.240. The Labute approximate surface area is 123 Å². The van der Waals surface area contributed by atoms with Crippen molar-refractivity contribution in [2.24, 2.45) is 7.05 Å². The van der Waals surface area contributed by atoms with Crippen molar-refractivity contribution in [3.8, 4) is 0 Å². The predicted octanol–water partition coefficient (Wildman–Crippen LogP) is 3.35. The fourth-order valence-electron chi connectivity index (χ4n) is 1.59. The summed E-state index contributed by atoms with van der Waals surface area (Å²) in [5.41, 5.74) is 0.462. The van der Waals surface area contributed by atoms with Crippen molar-refractivity contribution in [2.45, 2.75) is 6.92 Å². The molecule has 0 aromatic carbocycles. The fourth-order valence-corrected chi connectivity index (χ4v) is 2.97. The number of hydrogen-bond donors (Lipinski definition) is 0. The summed E-state index contributed by atoms with van der Waals surface area (Å²) in [7, 11) is 1.85. The molecule has 4 nitrogen and oxygen atoms in total. The number of hydrogen-bond acceptors (Lipinski definition) is 4. The van der Waals surface area contributed by atoms with E-state index in [4.69, 9.17) is 4.74 Å². The number of rotatable bonds is 4. The summed E-state index contributed by atoms with van der Waals surface area (Å²) in [6.45, 7) is 2.13. The van der Waals surface area contributed by atoms with Crippen molar-refractivity contribution in [3.05, 3.63) is 39.0 Å². The van der Waals surface area contributed by atoms with E-state index in [1.165, 1.54) is 0 Å². The Morgan fingerprint density at radius 3 is 2.95 bits per heavy atom. The molecular formula is C13H13BrN2O2S. The van der Waals surface area contributed by atoms with E-state index in [1.54, 1.807) is 41.3 Å². The van der Waals surface area contributed by atoms with Gasteiger partial charge in [0.25, 0.3) is 0 Å². The molecule has 2 heterocycles. The topological polar surface area (TPSA) is 44.1 Å². The Kier molecular flexibility index (Phi) is 4.55. The first-order chi connectivity index (χ1) is 9.11. The largest absolute Gasteiger partial charge is 0.462 e. The molecule has 0 aliphatic heterocycles. The molecule has 0 unspecified atom stereocenters. The van der Waals surface area contributed by atoms with Crippen LogP contribution in [0, 0.1) is 0 Å². The lowest BCUT2D eigenvalue weighted by Crippen LogP contribution is -2.10. The van der Waals surface area contributed by atoms with Crippen molar-refractivity contribution >= 4 is 44.9 Å². The summed E-state index contributed by atoms with van der Waals surface area (Å²) < 4.78 is 7.88. The third-order valence-electron chi connectivity index (χ3n) is 2.43. The Hall–Kier alpha value is -1.40. The zero-order valence-corrected chi connectivity index (χ0v) is 13.0. The number of ether oxygens (including phenoxy) is 1. The SMILES string of the molecule is CCOC(=O)C(=Cc1cc(Br)cs1)c1nccn1C. The number of carbonyl (C=O) groups excluding carboxylic acids is 1. The molecule has 2 rings (SSSR count). The van der Waals surface area contributed by atoms with Crippen LogP contribution in [-0.4, -0.2) is 22.1 Å². The molecule has 0 N–H and O–H groups in total. The van der Waals surface area contributed by atoms with Crippen LogP contribution in [-0.2, 0) is 16.6 Å². The molecular weight excluding hydrogens is 328 g/mol. The highest BCUT2D eigenvalue weighted by atomic mass is 79.9. The van der Waals surface area contributed by atoms with Gasteiger partial charge in [-0.15, -0.1) is 11.3 Å². The second kappa shape index (κ2) is 6.16. The summed E-state index contributed by atoms with van der Waals surface area (Å²) in [6, 6.07) is 1.95. The van der Waals surface area contributed by atoms with Gasteiger partial charge in [-0.25, -0.2) is 9.78 Å². The van der Waals surface area contributed by atoms with Crippen LogP contribution >= 0.6 is 27.3 Å². The maximum atomic E-state index is 12.1. The zero-order chi connectivity index (χ0) is 13.8. The maximum Gasteiger partial charge on any atom is 0.341 e. The lowest BCUT2D eigenvalue weighted by atomic mass is 10.2. The Morgan fingerprint density at radius 1 is 1.63 bits per heavy atom. The molecule has 100 valence electrons. The average molecular weight is 341 g/mol. The molecule has 0 saturated carbocycles. The van der Waals surface area contributed by atoms with Gasteiger partial charge in [-0.3, -0.25) is 0 Å². The first-order valence-electron chi connectivity index (χ1n) is 5.72. The maximum absolute atomic E-state index is 12.1. The molecule has 0 atom stereocenters. The number of halogens is 1. The van der Waals surface area contributed by atoms with E-state index in [1.807, 2.05) is 18.5 Å². The van der Waals surface area contributed by atoms with Gasteiger partial charge in [0.1, 0.15) is 11.4 Å². The van der Waals surface area contributed by atoms with Gasteiger partial charge < -0.3 is 9.30 Å². The van der Waals surface area contributed by atoms with E-state index in [9.17, 15) is 4.79 Å². The summed E-state index contributed by atoms with van der Waals surface area (Å²) in [4.78, 5) is 17.2. The van der Waals surface area contributed by atoms with E-state index >= 15 is 0 Å². The van der Waals surface area contributed by atoms with Crippen LogP contribution in [0.1, 0.15) is 17.6 Å². The number of aromatic nitrogens is 2. The average Bonchev–Trinajstić information content (AvgIpc) is 2.95. The van der Waals surface area contributed by atoms with Crippen molar-refractivity contribution in [2.75, 3.05) is 6.61 Å². The smallest absolute Gasteiger partial charge is 0.341 e. The predicted molar refractivity (Wildman–Crippen MR) is 79.7 cm³/mol. The van der Waals surface area contributed by atoms with E-state index < -0.39 is 0 Å². The molecule has 2 aromatic heterocycles. The number of imidazole rings is 1. The van der Waals surface area contributed by atoms with Gasteiger partial charge in [-0.2, -0.15) is 0 Å². The van der Waals surface area contributed by atoms with Crippen molar-refractivity contribution in [3.63, 3.8) is 0 Å². The molecule has 19 heavy (non-hydrogen) atoms. The van der Waals surface area contributed by atoms with Gasteiger partial charge in [-0.1, -0.05) is 0 Å². The lowest BCUT2D eigenvalue weighted by Gasteiger charge is -2.06. The molecule has 0 amide bonds. The highest BCUT2D eigenvalue weighted by Crippen LogP contribution is 2.25. The van der Waals surface area contributed by atoms with Gasteiger partial charge >= 0.3 is 5.97 Å². The summed E-state index contributed by atoms with van der Waals surface area (Å²) >= 11 is 4.95. The third kappa shape index (κ3) is 3.33. The van der Waals surface area contributed by atoms with Gasteiger partial charge in [0.2, 0.25) is 0 Å². The van der Waals surface area contributed by atoms with Gasteiger partial charge in [0, 0.05) is 34.2 Å². The third-order valence-corrected chi connectivity index (χ3v) is 4.07. The first kappa shape index (κ1) is 14.0. The second-order valence-corrected chi connectivity index (χ2v) is 5.67. The van der Waals surface area contributed by atoms with Crippen LogP contribution < -0.4 is 0 Å². The number of carbonyl (C=O) groups is 1. The molecule has 0 fully saturated rings. The molecule has 0 radical (unpaired) electrons. The van der Waals surface area contributed by atoms with Gasteiger partial charge in [0.15, 0.2) is 0 Å². The highest BCUT2D eigenvalue weighted by molar-refractivity contribution is 9.10. The van der Waals surface area contributed by atoms with Gasteiger partial charge in [0.05, 0.1) is 6.61 Å². The molecule has 2 aromatic rings. The zero-order valence-electron chi connectivity index (χ0n) is 10.6. The van der Waals surface area contributed by atoms with E-state index in [2.05, 4.69) is 20.9 Å². The van der Waals surface area contributed by atoms with Crippen LogP contribution in [0.25, 0.3) is 11.6 Å². The molecule has 0 saturated heterocycles. The minimum Gasteiger partial charge on any atom is -0.462 e. The Morgan fingerprint density at radius 2 is 2.42 bits per heavy atom. The monoisotopic (exact) mass is 340 g/mol. The fraction of sp³-hybridized carbons (Fsp3) is 0.231. The van der Waals surface area contributed by atoms with E-state index in [0.717, 1.165) is 9.35 Å². The number of nitrogens with zero attached hydrogens (tertiary/aromatic N) is 2. The number of aryl methyl sites for hydroxylation is 1. The number of thiophene rings is 1. The van der Waals surface area contributed by atoms with Crippen LogP contribution in [0.2, 0.25) is 0 Å². The van der Waals surface area contributed by atoms with Crippen LogP contribution in [0.4, 0.5) is 0 Å². The molecule has 0 bridgehead atoms. The Balaban J connectivity index is 2.43. The van der Waals surface area contributed by atoms with Crippen LogP contribution in [0.3, 0.4) is 0 Å². The molecule has 0 spiro atoms. The Bertz CT molecular complexity index is 616. The van der Waals surface area contributed by atoms with Gasteiger partial charge in [-0.05, 0) is 35.0 Å². The molecule has 6 heteroatoms. The quantitative estimate of drug-likeness (QED) is 0.633. The minimum absolute atomic E-state index is 0.342. The second-order valence-electron chi connectivity index (χ2n) is 3.81. The van der Waals surface area contributed by atoms with Crippen molar-refractivity contribution in [1.82, 2.24) is 9.55 Å². The summed E-state index contributed by atoms with van der Waals surface area (Å²) in [6.07, 6.45) is 5.26. The number of esters is 1. The van der Waals surface area contributed by atoms with Crippen LogP contribution in [0.15, 0.2) is 28.3 Å². The van der Waals surface area contributed by atoms with E-state index in [0.29, 0.717) is 18.0 Å². The van der Waals surface area contributed by atoms with E-state index in [-0.39, 0.29) is 5.97 Å². The van der Waals surface area contributed by atoms with Crippen molar-refractivity contribution < 1.29 is 9.53 Å². The standard InChI is InChI=1S/C13H13BrN2O2S/c1-3-18-13(17)11(12-15-4-5-16(12)2)7-10-6-9(14)8-19-10/h4-8H,3H2,1-2H3. The normalized spacial score (nSPS) is 11.6. The highest BCUT2D eigenvalue weighted by Gasteiger charge is 2.17. The lowest BCUT2D eigenvalue weighted by molar-refractivity contribution is -0.136. The van der Waals surface area contributed by atoms with Crippen molar-refractivity contribution in [1.29, 1.82) is 0 Å². The minimum atomic E-state index is -0.360. The summed E-state index contributed by atoms with van der Waals surface area (Å²) in [5, 5.41) is 1.97. The molecule has 0 aliphatic carbocycles. The van der Waals surface area contributed by atoms with Crippen LogP contribution in [0.5, 0.6) is 0 Å². The first-order valence-corrected chi connectivity index (χ1v) is 7.39. The molecule has 0 aliphatic rings.